The average Bonchev–Trinajstić information content (AvgIpc) is 2.74. The van der Waals surface area contributed by atoms with Gasteiger partial charge in [-0.15, -0.1) is 0 Å². The van der Waals surface area contributed by atoms with Gasteiger partial charge in [-0.25, -0.2) is 16.8 Å². The Labute approximate surface area is 201 Å². The van der Waals surface area contributed by atoms with Crippen molar-refractivity contribution in [3.8, 4) is 5.75 Å². The summed E-state index contributed by atoms with van der Waals surface area (Å²) in [6.07, 6.45) is 0.995. The molecule has 1 N–H and O–H groups in total. The third kappa shape index (κ3) is 5.43. The van der Waals surface area contributed by atoms with E-state index < -0.39 is 31.9 Å². The van der Waals surface area contributed by atoms with Crippen molar-refractivity contribution >= 4 is 31.5 Å². The predicted molar refractivity (Wildman–Crippen MR) is 130 cm³/mol. The Morgan fingerprint density at radius 2 is 1.59 bits per heavy atom. The number of sulfonamides is 1. The summed E-state index contributed by atoms with van der Waals surface area (Å²) in [5, 5.41) is 2.89. The van der Waals surface area contributed by atoms with E-state index in [0.717, 1.165) is 11.8 Å². The molecular formula is C23H31N3O6S2. The number of hydrogen-bond donors (Lipinski definition) is 1. The van der Waals surface area contributed by atoms with Crippen molar-refractivity contribution in [2.24, 2.45) is 0 Å². The van der Waals surface area contributed by atoms with Gasteiger partial charge in [0.15, 0.2) is 9.84 Å². The van der Waals surface area contributed by atoms with Gasteiger partial charge in [-0.1, -0.05) is 18.2 Å². The van der Waals surface area contributed by atoms with E-state index >= 15 is 0 Å². The maximum atomic E-state index is 13.5. The van der Waals surface area contributed by atoms with Crippen LogP contribution in [0.15, 0.2) is 52.3 Å². The monoisotopic (exact) mass is 509 g/mol. The van der Waals surface area contributed by atoms with Crippen LogP contribution >= 0.6 is 0 Å². The summed E-state index contributed by atoms with van der Waals surface area (Å²) in [6, 6.07) is 10.1. The minimum Gasteiger partial charge on any atom is -0.496 e. The number of piperazine rings is 1. The van der Waals surface area contributed by atoms with Crippen molar-refractivity contribution in [1.29, 1.82) is 0 Å². The molecule has 0 aliphatic carbocycles. The molecule has 0 saturated carbocycles. The highest BCUT2D eigenvalue weighted by Crippen LogP contribution is 2.30. The number of ether oxygens (including phenoxy) is 1. The maximum absolute atomic E-state index is 13.5. The largest absolute Gasteiger partial charge is 0.496 e. The predicted octanol–water partition coefficient (Wildman–Crippen LogP) is 2.13. The van der Waals surface area contributed by atoms with Crippen LogP contribution in [-0.4, -0.2) is 77.0 Å². The molecule has 1 aliphatic rings. The van der Waals surface area contributed by atoms with Crippen LogP contribution in [-0.2, 0) is 24.7 Å². The summed E-state index contributed by atoms with van der Waals surface area (Å²) in [5.41, 5.74) is 1.48. The fourth-order valence-electron chi connectivity index (χ4n) is 4.47. The van der Waals surface area contributed by atoms with Gasteiger partial charge in [0.2, 0.25) is 15.9 Å². The molecule has 0 aromatic heterocycles. The number of sulfone groups is 1. The fraction of sp³-hybridized carbons (Fsp3) is 0.435. The Balaban J connectivity index is 1.76. The number of rotatable bonds is 7. The highest BCUT2D eigenvalue weighted by molar-refractivity contribution is 7.93. The van der Waals surface area contributed by atoms with Gasteiger partial charge in [0.25, 0.3) is 0 Å². The van der Waals surface area contributed by atoms with E-state index in [9.17, 15) is 21.6 Å². The lowest BCUT2D eigenvalue weighted by atomic mass is 10.1. The van der Waals surface area contributed by atoms with Gasteiger partial charge in [-0.2, -0.15) is 4.31 Å². The first kappa shape index (κ1) is 26.1. The van der Waals surface area contributed by atoms with Crippen LogP contribution < -0.4 is 10.1 Å². The Morgan fingerprint density at radius 1 is 1.00 bits per heavy atom. The Morgan fingerprint density at radius 3 is 2.15 bits per heavy atom. The first-order chi connectivity index (χ1) is 15.9. The van der Waals surface area contributed by atoms with E-state index in [-0.39, 0.29) is 22.2 Å². The van der Waals surface area contributed by atoms with Crippen molar-refractivity contribution in [1.82, 2.24) is 9.21 Å². The quantitative estimate of drug-likeness (QED) is 0.608. The smallest absolute Gasteiger partial charge is 0.244 e. The van der Waals surface area contributed by atoms with Gasteiger partial charge in [0, 0.05) is 42.7 Å². The standard InChI is InChI=1S/C23H31N3O6S2/c1-16-13-25(15-23(27)24-19-9-8-10-20(32-4)18(19)3)14-17(2)26(16)34(30,31)22-12-7-6-11-21(22)33(5,28)29/h6-12,16-17H,13-15H2,1-5H3,(H,24,27)/t16-,17+. The molecule has 1 heterocycles. The number of carbonyl (C=O) groups excluding carboxylic acids is 1. The molecule has 0 spiro atoms. The van der Waals surface area contributed by atoms with Gasteiger partial charge in [0.1, 0.15) is 10.6 Å². The molecule has 1 fully saturated rings. The number of hydrogen-bond acceptors (Lipinski definition) is 7. The molecule has 34 heavy (non-hydrogen) atoms. The van der Waals surface area contributed by atoms with Gasteiger partial charge in [0.05, 0.1) is 18.6 Å². The molecule has 2 aromatic rings. The SMILES string of the molecule is COc1cccc(NC(=O)CN2C[C@@H](C)N(S(=O)(=O)c3ccccc3S(C)(=O)=O)[C@@H](C)C2)c1C. The topological polar surface area (TPSA) is 113 Å². The summed E-state index contributed by atoms with van der Waals surface area (Å²) >= 11 is 0. The maximum Gasteiger partial charge on any atom is 0.244 e. The molecule has 0 unspecified atom stereocenters. The normalized spacial score (nSPS) is 20.1. The van der Waals surface area contributed by atoms with Crippen LogP contribution in [0.4, 0.5) is 5.69 Å². The van der Waals surface area contributed by atoms with E-state index in [1.54, 1.807) is 33.1 Å². The molecule has 186 valence electrons. The molecule has 3 rings (SSSR count). The zero-order valence-electron chi connectivity index (χ0n) is 20.0. The highest BCUT2D eigenvalue weighted by Gasteiger charge is 2.40. The van der Waals surface area contributed by atoms with E-state index in [0.29, 0.717) is 24.5 Å². The summed E-state index contributed by atoms with van der Waals surface area (Å²) in [7, 11) is -6.24. The van der Waals surface area contributed by atoms with Crippen LogP contribution in [0.25, 0.3) is 0 Å². The fourth-order valence-corrected chi connectivity index (χ4v) is 7.88. The Bertz CT molecular complexity index is 1270. The number of nitrogens with one attached hydrogen (secondary N) is 1. The number of nitrogens with zero attached hydrogens (tertiary/aromatic N) is 2. The van der Waals surface area contributed by atoms with E-state index in [2.05, 4.69) is 5.32 Å². The Hall–Kier alpha value is -2.47. The van der Waals surface area contributed by atoms with Crippen LogP contribution in [0.3, 0.4) is 0 Å². The number of benzene rings is 2. The first-order valence-corrected chi connectivity index (χ1v) is 14.2. The lowest BCUT2D eigenvalue weighted by Gasteiger charge is -2.43. The summed E-state index contributed by atoms with van der Waals surface area (Å²) in [5.74, 6) is 0.461. The zero-order chi connectivity index (χ0) is 25.3. The zero-order valence-corrected chi connectivity index (χ0v) is 21.6. The molecule has 0 bridgehead atoms. The van der Waals surface area contributed by atoms with E-state index in [4.69, 9.17) is 4.74 Å². The highest BCUT2D eigenvalue weighted by atomic mass is 32.2. The third-order valence-electron chi connectivity index (χ3n) is 5.86. The van der Waals surface area contributed by atoms with Crippen molar-refractivity contribution in [3.05, 3.63) is 48.0 Å². The molecular weight excluding hydrogens is 478 g/mol. The molecule has 11 heteroatoms. The summed E-state index contributed by atoms with van der Waals surface area (Å²) < 4.78 is 58.0. The number of methoxy groups -OCH3 is 1. The van der Waals surface area contributed by atoms with Crippen molar-refractivity contribution < 1.29 is 26.4 Å². The van der Waals surface area contributed by atoms with Crippen molar-refractivity contribution in [2.75, 3.05) is 38.3 Å². The Kier molecular flexibility index (Phi) is 7.71. The van der Waals surface area contributed by atoms with Gasteiger partial charge >= 0.3 is 0 Å². The van der Waals surface area contributed by atoms with E-state index in [1.807, 2.05) is 17.9 Å². The number of carbonyl (C=O) groups is 1. The molecule has 2 atom stereocenters. The average molecular weight is 510 g/mol. The minimum absolute atomic E-state index is 0.0964. The summed E-state index contributed by atoms with van der Waals surface area (Å²) in [6.45, 7) is 6.13. The van der Waals surface area contributed by atoms with Crippen LogP contribution in [0.2, 0.25) is 0 Å². The lowest BCUT2D eigenvalue weighted by Crippen LogP contribution is -2.59. The summed E-state index contributed by atoms with van der Waals surface area (Å²) in [4.78, 5) is 14.2. The third-order valence-corrected chi connectivity index (χ3v) is 9.33. The molecule has 1 saturated heterocycles. The van der Waals surface area contributed by atoms with Gasteiger partial charge in [-0.3, -0.25) is 9.69 Å². The van der Waals surface area contributed by atoms with Crippen molar-refractivity contribution in [2.45, 2.75) is 42.6 Å². The van der Waals surface area contributed by atoms with Crippen LogP contribution in [0.1, 0.15) is 19.4 Å². The van der Waals surface area contributed by atoms with E-state index in [1.165, 1.54) is 28.6 Å². The molecule has 2 aromatic carbocycles. The molecule has 0 radical (unpaired) electrons. The van der Waals surface area contributed by atoms with Crippen molar-refractivity contribution in [3.63, 3.8) is 0 Å². The van der Waals surface area contributed by atoms with Crippen LogP contribution in [0, 0.1) is 6.92 Å². The molecule has 1 amide bonds. The number of anilines is 1. The molecule has 1 aliphatic heterocycles. The first-order valence-electron chi connectivity index (χ1n) is 10.8. The minimum atomic E-state index is -4.07. The number of amides is 1. The lowest BCUT2D eigenvalue weighted by molar-refractivity contribution is -0.118. The molecule has 9 nitrogen and oxygen atoms in total. The van der Waals surface area contributed by atoms with Gasteiger partial charge in [-0.05, 0) is 45.0 Å². The second-order valence-electron chi connectivity index (χ2n) is 8.63. The van der Waals surface area contributed by atoms with Gasteiger partial charge < -0.3 is 10.1 Å². The second kappa shape index (κ2) is 10.0. The van der Waals surface area contributed by atoms with Crippen LogP contribution in [0.5, 0.6) is 5.75 Å². The second-order valence-corrected chi connectivity index (χ2v) is 12.4.